The summed E-state index contributed by atoms with van der Waals surface area (Å²) in [5, 5.41) is 8.11. The number of carbonyl (C=O) groups excluding carboxylic acids is 2. The topological polar surface area (TPSA) is 125 Å². The van der Waals surface area contributed by atoms with Crippen LogP contribution in [0, 0.1) is 21.7 Å². The summed E-state index contributed by atoms with van der Waals surface area (Å²) in [5.74, 6) is -0.163. The summed E-state index contributed by atoms with van der Waals surface area (Å²) in [5.41, 5.74) is -2.90. The maximum atomic E-state index is 12.8. The zero-order chi connectivity index (χ0) is 29.7. The molecule has 37 heavy (non-hydrogen) atoms. The second-order valence-electron chi connectivity index (χ2n) is 14.5. The van der Waals surface area contributed by atoms with Crippen LogP contribution in [0.3, 0.4) is 0 Å². The molecule has 0 aliphatic carbocycles. The van der Waals surface area contributed by atoms with Crippen molar-refractivity contribution in [3.8, 4) is 0 Å². The van der Waals surface area contributed by atoms with Gasteiger partial charge in [-0.2, -0.15) is 0 Å². The van der Waals surface area contributed by atoms with Gasteiger partial charge in [0.05, 0.1) is 30.2 Å². The molecule has 0 aliphatic heterocycles. The standard InChI is InChI=1S/C28H56N2O6S/c1-21(31)24(4,5)19-26(8,9)28(12,13)36-16-14-27(10,11)35-17-15-30-22(32)25(6,7)18-23(2,3)20-37(29,33)34/h14-20H2,1-13H3,(H,30,32)(H2,29,33,34). The summed E-state index contributed by atoms with van der Waals surface area (Å²) < 4.78 is 35.4. The van der Waals surface area contributed by atoms with Gasteiger partial charge >= 0.3 is 0 Å². The monoisotopic (exact) mass is 548 g/mol. The van der Waals surface area contributed by atoms with E-state index < -0.39 is 37.5 Å². The fourth-order valence-electron chi connectivity index (χ4n) is 4.87. The van der Waals surface area contributed by atoms with E-state index in [1.165, 1.54) is 0 Å². The molecule has 0 aromatic heterocycles. The summed E-state index contributed by atoms with van der Waals surface area (Å²) in [7, 11) is -3.63. The third kappa shape index (κ3) is 13.1. The third-order valence-corrected chi connectivity index (χ3v) is 8.83. The highest BCUT2D eigenvalue weighted by Gasteiger charge is 2.43. The van der Waals surface area contributed by atoms with Crippen molar-refractivity contribution in [1.82, 2.24) is 5.32 Å². The lowest BCUT2D eigenvalue weighted by Crippen LogP contribution is -2.46. The molecule has 8 nitrogen and oxygen atoms in total. The van der Waals surface area contributed by atoms with Gasteiger partial charge in [-0.05, 0) is 64.7 Å². The third-order valence-electron chi connectivity index (χ3n) is 7.64. The molecule has 0 unspecified atom stereocenters. The number of hydrogen-bond donors (Lipinski definition) is 2. The molecule has 0 aliphatic rings. The summed E-state index contributed by atoms with van der Waals surface area (Å²) in [6, 6.07) is 0. The lowest BCUT2D eigenvalue weighted by Gasteiger charge is -2.45. The minimum Gasteiger partial charge on any atom is -0.375 e. The van der Waals surface area contributed by atoms with E-state index in [-0.39, 0.29) is 22.9 Å². The quantitative estimate of drug-likeness (QED) is 0.251. The fraction of sp³-hybridized carbons (Fsp3) is 0.929. The molecule has 0 rings (SSSR count). The van der Waals surface area contributed by atoms with E-state index in [0.29, 0.717) is 32.6 Å². The maximum Gasteiger partial charge on any atom is 0.225 e. The summed E-state index contributed by atoms with van der Waals surface area (Å²) in [4.78, 5) is 24.8. The number of ether oxygens (including phenoxy) is 2. The smallest absolute Gasteiger partial charge is 0.225 e. The second kappa shape index (κ2) is 12.4. The normalized spacial score (nSPS) is 14.5. The number of nitrogens with one attached hydrogen (secondary N) is 1. The van der Waals surface area contributed by atoms with E-state index >= 15 is 0 Å². The lowest BCUT2D eigenvalue weighted by molar-refractivity contribution is -0.140. The summed E-state index contributed by atoms with van der Waals surface area (Å²) >= 11 is 0. The highest BCUT2D eigenvalue weighted by Crippen LogP contribution is 2.44. The van der Waals surface area contributed by atoms with Gasteiger partial charge < -0.3 is 14.8 Å². The number of hydrogen-bond acceptors (Lipinski definition) is 6. The summed E-state index contributed by atoms with van der Waals surface area (Å²) in [6.07, 6.45) is 1.77. The summed E-state index contributed by atoms with van der Waals surface area (Å²) in [6.45, 7) is 26.4. The van der Waals surface area contributed by atoms with Crippen molar-refractivity contribution in [2.24, 2.45) is 26.8 Å². The molecule has 0 atom stereocenters. The van der Waals surface area contributed by atoms with Crippen molar-refractivity contribution < 1.29 is 27.5 Å². The molecular weight excluding hydrogens is 492 g/mol. The lowest BCUT2D eigenvalue weighted by atomic mass is 9.66. The van der Waals surface area contributed by atoms with Gasteiger partial charge in [0.15, 0.2) is 0 Å². The van der Waals surface area contributed by atoms with Gasteiger partial charge in [-0.25, -0.2) is 13.6 Å². The Hall–Kier alpha value is -1.03. The van der Waals surface area contributed by atoms with Crippen molar-refractivity contribution >= 4 is 21.7 Å². The van der Waals surface area contributed by atoms with Crippen LogP contribution in [-0.4, -0.2) is 56.8 Å². The molecule has 0 radical (unpaired) electrons. The average Bonchev–Trinajstić information content (AvgIpc) is 2.60. The van der Waals surface area contributed by atoms with Crippen LogP contribution < -0.4 is 10.5 Å². The average molecular weight is 549 g/mol. The van der Waals surface area contributed by atoms with Gasteiger partial charge in [0, 0.05) is 17.4 Å². The van der Waals surface area contributed by atoms with Crippen molar-refractivity contribution in [3.05, 3.63) is 0 Å². The van der Waals surface area contributed by atoms with E-state index in [0.717, 1.165) is 6.42 Å². The van der Waals surface area contributed by atoms with Gasteiger partial charge in [-0.1, -0.05) is 55.4 Å². The van der Waals surface area contributed by atoms with Crippen LogP contribution in [0.15, 0.2) is 0 Å². The van der Waals surface area contributed by atoms with Crippen molar-refractivity contribution in [1.29, 1.82) is 0 Å². The molecule has 0 heterocycles. The van der Waals surface area contributed by atoms with E-state index in [1.807, 2.05) is 27.7 Å². The minimum atomic E-state index is -3.63. The Labute approximate surface area is 227 Å². The molecule has 0 fully saturated rings. The van der Waals surface area contributed by atoms with Crippen LogP contribution in [0.2, 0.25) is 0 Å². The predicted octanol–water partition coefficient (Wildman–Crippen LogP) is 4.85. The van der Waals surface area contributed by atoms with Crippen LogP contribution in [0.5, 0.6) is 0 Å². The first kappa shape index (κ1) is 36.0. The van der Waals surface area contributed by atoms with Crippen molar-refractivity contribution in [3.63, 3.8) is 0 Å². The molecule has 0 saturated carbocycles. The highest BCUT2D eigenvalue weighted by atomic mass is 32.2. The fourth-order valence-corrected chi connectivity index (χ4v) is 6.06. The molecule has 1 amide bonds. The van der Waals surface area contributed by atoms with Gasteiger partial charge in [-0.15, -0.1) is 0 Å². The molecule has 0 saturated heterocycles. The van der Waals surface area contributed by atoms with Gasteiger partial charge in [0.2, 0.25) is 15.9 Å². The number of rotatable bonds is 17. The number of Topliss-reactive ketones (excluding diaryl/α,β-unsaturated/α-hetero) is 1. The maximum absolute atomic E-state index is 12.8. The Kier molecular flexibility index (Phi) is 12.1. The molecule has 0 bridgehead atoms. The SMILES string of the molecule is CC(=O)C(C)(C)CC(C)(C)C(C)(C)OCCC(C)(C)OCCNC(=O)C(C)(C)CC(C)(C)CS(N)(=O)=O. The molecule has 0 spiro atoms. The minimum absolute atomic E-state index is 0.155. The number of nitrogens with two attached hydrogens (primary N) is 1. The first-order valence-corrected chi connectivity index (χ1v) is 14.9. The number of ketones is 1. The highest BCUT2D eigenvalue weighted by molar-refractivity contribution is 7.89. The number of amides is 1. The zero-order valence-corrected chi connectivity index (χ0v) is 26.7. The Morgan fingerprint density at radius 2 is 1.30 bits per heavy atom. The molecular formula is C28H56N2O6S. The molecule has 0 aromatic rings. The van der Waals surface area contributed by atoms with Crippen LogP contribution >= 0.6 is 0 Å². The predicted molar refractivity (Wildman–Crippen MR) is 151 cm³/mol. The van der Waals surface area contributed by atoms with E-state index in [1.54, 1.807) is 34.6 Å². The molecule has 9 heteroatoms. The first-order valence-electron chi connectivity index (χ1n) is 13.2. The Morgan fingerprint density at radius 3 is 1.76 bits per heavy atom. The Balaban J connectivity index is 4.73. The zero-order valence-electron chi connectivity index (χ0n) is 25.9. The Bertz CT molecular complexity index is 886. The number of primary sulfonamides is 1. The van der Waals surface area contributed by atoms with Crippen LogP contribution in [-0.2, 0) is 29.1 Å². The molecule has 0 aromatic carbocycles. The van der Waals surface area contributed by atoms with Crippen LogP contribution in [0.25, 0.3) is 0 Å². The van der Waals surface area contributed by atoms with E-state index in [2.05, 4.69) is 33.0 Å². The molecule has 3 N–H and O–H groups in total. The van der Waals surface area contributed by atoms with Crippen molar-refractivity contribution in [2.45, 2.75) is 120 Å². The van der Waals surface area contributed by atoms with Gasteiger partial charge in [0.25, 0.3) is 0 Å². The molecule has 220 valence electrons. The van der Waals surface area contributed by atoms with Crippen molar-refractivity contribution in [2.75, 3.05) is 25.5 Å². The number of carbonyl (C=O) groups is 2. The van der Waals surface area contributed by atoms with Gasteiger partial charge in [-0.3, -0.25) is 9.59 Å². The van der Waals surface area contributed by atoms with E-state index in [9.17, 15) is 18.0 Å². The van der Waals surface area contributed by atoms with Crippen LogP contribution in [0.1, 0.15) is 109 Å². The van der Waals surface area contributed by atoms with E-state index in [4.69, 9.17) is 14.6 Å². The second-order valence-corrected chi connectivity index (χ2v) is 16.1. The largest absolute Gasteiger partial charge is 0.375 e. The first-order chi connectivity index (χ1) is 16.1. The number of sulfonamides is 1. The van der Waals surface area contributed by atoms with Gasteiger partial charge in [0.1, 0.15) is 5.78 Å². The van der Waals surface area contributed by atoms with Crippen LogP contribution in [0.4, 0.5) is 0 Å². The Morgan fingerprint density at radius 1 is 0.784 bits per heavy atom.